The molecule has 23 heavy (non-hydrogen) atoms. The Kier molecular flexibility index (Phi) is 4.16. The third-order valence-corrected chi connectivity index (χ3v) is 3.46. The lowest BCUT2D eigenvalue weighted by Crippen LogP contribution is -2.26. The number of nitrogens with zero attached hydrogens (tertiary/aromatic N) is 3. The van der Waals surface area contributed by atoms with Crippen molar-refractivity contribution in [2.75, 3.05) is 0 Å². The first-order chi connectivity index (χ1) is 11.3. The van der Waals surface area contributed by atoms with E-state index in [2.05, 4.69) is 16.4 Å². The number of benzene rings is 1. The minimum atomic E-state index is -0.285. The van der Waals surface area contributed by atoms with E-state index in [0.717, 1.165) is 11.3 Å². The van der Waals surface area contributed by atoms with E-state index < -0.39 is 0 Å². The van der Waals surface area contributed by atoms with Crippen molar-refractivity contribution in [2.24, 2.45) is 0 Å². The Bertz CT molecular complexity index is 848. The predicted molar refractivity (Wildman–Crippen MR) is 85.9 cm³/mol. The third kappa shape index (κ3) is 3.11. The highest BCUT2D eigenvalue weighted by molar-refractivity contribution is 5.95. The van der Waals surface area contributed by atoms with Crippen LogP contribution in [0.3, 0.4) is 0 Å². The van der Waals surface area contributed by atoms with Crippen LogP contribution in [0.25, 0.3) is 5.69 Å². The Morgan fingerprint density at radius 3 is 2.57 bits per heavy atom. The van der Waals surface area contributed by atoms with Crippen molar-refractivity contribution in [3.05, 3.63) is 83.9 Å². The number of hydrogen-bond donors (Lipinski definition) is 1. The van der Waals surface area contributed by atoms with Gasteiger partial charge in [0.15, 0.2) is 0 Å². The Hall–Kier alpha value is -3.39. The van der Waals surface area contributed by atoms with Crippen LogP contribution in [0.4, 0.5) is 0 Å². The molecule has 0 atom stereocenters. The molecule has 0 saturated heterocycles. The molecule has 5 heteroatoms. The quantitative estimate of drug-likeness (QED) is 0.805. The van der Waals surface area contributed by atoms with Crippen LogP contribution in [0.1, 0.15) is 21.6 Å². The first kappa shape index (κ1) is 14.5. The largest absolute Gasteiger partial charge is 0.347 e. The molecule has 0 radical (unpaired) electrons. The van der Waals surface area contributed by atoms with Gasteiger partial charge in [-0.15, -0.1) is 0 Å². The van der Waals surface area contributed by atoms with Crippen molar-refractivity contribution in [3.8, 4) is 11.8 Å². The zero-order valence-corrected chi connectivity index (χ0v) is 12.3. The fourth-order valence-corrected chi connectivity index (χ4v) is 2.32. The highest BCUT2D eigenvalue weighted by Crippen LogP contribution is 2.17. The van der Waals surface area contributed by atoms with Gasteiger partial charge in [0.1, 0.15) is 11.8 Å². The lowest BCUT2D eigenvalue weighted by atomic mass is 10.2. The number of carbonyl (C=O) groups excluding carboxylic acids is 1. The van der Waals surface area contributed by atoms with Crippen LogP contribution in [-0.2, 0) is 6.54 Å². The first-order valence-corrected chi connectivity index (χ1v) is 7.13. The monoisotopic (exact) mass is 302 g/mol. The number of nitriles is 1. The van der Waals surface area contributed by atoms with Gasteiger partial charge in [-0.1, -0.05) is 18.2 Å². The SMILES string of the molecule is N#Cc1ccn(-c2ccccc2)c1C(=O)NCc1ccncc1. The molecule has 0 spiro atoms. The summed E-state index contributed by atoms with van der Waals surface area (Å²) < 4.78 is 1.72. The lowest BCUT2D eigenvalue weighted by molar-refractivity contribution is 0.0944. The van der Waals surface area contributed by atoms with Crippen LogP contribution in [-0.4, -0.2) is 15.5 Å². The molecule has 0 aliphatic heterocycles. The average molecular weight is 302 g/mol. The summed E-state index contributed by atoms with van der Waals surface area (Å²) in [6.07, 6.45) is 5.08. The summed E-state index contributed by atoms with van der Waals surface area (Å²) in [6.45, 7) is 0.381. The van der Waals surface area contributed by atoms with Crippen molar-refractivity contribution in [1.82, 2.24) is 14.9 Å². The fourth-order valence-electron chi connectivity index (χ4n) is 2.32. The summed E-state index contributed by atoms with van der Waals surface area (Å²) in [4.78, 5) is 16.5. The Labute approximate surface area is 133 Å². The molecule has 0 aliphatic carbocycles. The van der Waals surface area contributed by atoms with Gasteiger partial charge in [-0.05, 0) is 35.9 Å². The molecule has 2 aromatic heterocycles. The number of aromatic nitrogens is 2. The van der Waals surface area contributed by atoms with Gasteiger partial charge in [-0.25, -0.2) is 0 Å². The molecular weight excluding hydrogens is 288 g/mol. The second-order valence-corrected chi connectivity index (χ2v) is 4.93. The van der Waals surface area contributed by atoms with Crippen molar-refractivity contribution in [1.29, 1.82) is 5.26 Å². The van der Waals surface area contributed by atoms with Crippen molar-refractivity contribution < 1.29 is 4.79 Å². The number of nitrogens with one attached hydrogen (secondary N) is 1. The summed E-state index contributed by atoms with van der Waals surface area (Å²) >= 11 is 0. The maximum atomic E-state index is 12.6. The van der Waals surface area contributed by atoms with Gasteiger partial charge in [0.05, 0.1) is 5.56 Å². The summed E-state index contributed by atoms with van der Waals surface area (Å²) in [6, 6.07) is 16.9. The molecule has 0 unspecified atom stereocenters. The Morgan fingerprint density at radius 2 is 1.87 bits per heavy atom. The molecule has 0 aliphatic rings. The fraction of sp³-hybridized carbons (Fsp3) is 0.0556. The number of hydrogen-bond acceptors (Lipinski definition) is 3. The zero-order chi connectivity index (χ0) is 16.1. The second kappa shape index (κ2) is 6.58. The van der Waals surface area contributed by atoms with E-state index in [1.165, 1.54) is 0 Å². The van der Waals surface area contributed by atoms with Crippen LogP contribution < -0.4 is 5.32 Å². The highest BCUT2D eigenvalue weighted by Gasteiger charge is 2.17. The topological polar surface area (TPSA) is 70.7 Å². The van der Waals surface area contributed by atoms with E-state index in [1.54, 1.807) is 29.2 Å². The molecule has 1 amide bonds. The molecular formula is C18H14N4O. The first-order valence-electron chi connectivity index (χ1n) is 7.13. The number of rotatable bonds is 4. The van der Waals surface area contributed by atoms with Gasteiger partial charge in [0.25, 0.3) is 5.91 Å². The van der Waals surface area contributed by atoms with E-state index in [0.29, 0.717) is 17.8 Å². The smallest absolute Gasteiger partial charge is 0.269 e. The highest BCUT2D eigenvalue weighted by atomic mass is 16.1. The lowest BCUT2D eigenvalue weighted by Gasteiger charge is -2.10. The summed E-state index contributed by atoms with van der Waals surface area (Å²) in [7, 11) is 0. The van der Waals surface area contributed by atoms with E-state index >= 15 is 0 Å². The maximum Gasteiger partial charge on any atom is 0.269 e. The van der Waals surface area contributed by atoms with E-state index in [1.807, 2.05) is 42.5 Å². The van der Waals surface area contributed by atoms with E-state index in [-0.39, 0.29) is 5.91 Å². The molecule has 3 aromatic rings. The van der Waals surface area contributed by atoms with Crippen LogP contribution in [0.5, 0.6) is 0 Å². The number of amides is 1. The number of carbonyl (C=O) groups is 1. The van der Waals surface area contributed by atoms with Crippen LogP contribution in [0.2, 0.25) is 0 Å². The molecule has 0 saturated carbocycles. The minimum Gasteiger partial charge on any atom is -0.347 e. The number of para-hydroxylation sites is 1. The molecule has 0 fully saturated rings. The van der Waals surface area contributed by atoms with Gasteiger partial charge in [0, 0.05) is 30.8 Å². The third-order valence-electron chi connectivity index (χ3n) is 3.46. The zero-order valence-electron chi connectivity index (χ0n) is 12.3. The minimum absolute atomic E-state index is 0.285. The van der Waals surface area contributed by atoms with Gasteiger partial charge in [0.2, 0.25) is 0 Å². The van der Waals surface area contributed by atoms with Gasteiger partial charge in [-0.3, -0.25) is 9.78 Å². The Balaban J connectivity index is 1.88. The molecule has 3 rings (SSSR count). The normalized spacial score (nSPS) is 10.0. The van der Waals surface area contributed by atoms with Crippen LogP contribution in [0, 0.1) is 11.3 Å². The molecule has 1 aromatic carbocycles. The van der Waals surface area contributed by atoms with Crippen molar-refractivity contribution in [3.63, 3.8) is 0 Å². The van der Waals surface area contributed by atoms with Gasteiger partial charge >= 0.3 is 0 Å². The van der Waals surface area contributed by atoms with E-state index in [9.17, 15) is 10.1 Å². The van der Waals surface area contributed by atoms with Crippen molar-refractivity contribution >= 4 is 5.91 Å². The summed E-state index contributed by atoms with van der Waals surface area (Å²) in [5.41, 5.74) is 2.47. The van der Waals surface area contributed by atoms with E-state index in [4.69, 9.17) is 0 Å². The van der Waals surface area contributed by atoms with Crippen LogP contribution >= 0.6 is 0 Å². The number of pyridine rings is 1. The van der Waals surface area contributed by atoms with Gasteiger partial charge in [-0.2, -0.15) is 5.26 Å². The molecule has 2 heterocycles. The second-order valence-electron chi connectivity index (χ2n) is 4.93. The average Bonchev–Trinajstić information content (AvgIpc) is 3.05. The predicted octanol–water partition coefficient (Wildman–Crippen LogP) is 2.67. The standard InChI is InChI=1S/C18H14N4O/c19-12-15-8-11-22(16-4-2-1-3-5-16)17(15)18(23)21-13-14-6-9-20-10-7-14/h1-11H,13H2,(H,21,23). The molecule has 0 bridgehead atoms. The molecule has 112 valence electrons. The van der Waals surface area contributed by atoms with Crippen molar-refractivity contribution in [2.45, 2.75) is 6.54 Å². The van der Waals surface area contributed by atoms with Crippen LogP contribution in [0.15, 0.2) is 67.1 Å². The molecule has 5 nitrogen and oxygen atoms in total. The molecule has 1 N–H and O–H groups in total. The summed E-state index contributed by atoms with van der Waals surface area (Å²) in [5, 5.41) is 12.1. The Morgan fingerprint density at radius 1 is 1.13 bits per heavy atom. The summed E-state index contributed by atoms with van der Waals surface area (Å²) in [5.74, 6) is -0.285. The van der Waals surface area contributed by atoms with Gasteiger partial charge < -0.3 is 9.88 Å². The maximum absolute atomic E-state index is 12.6.